The second kappa shape index (κ2) is 8.11. The molecule has 1 heterocycles. The summed E-state index contributed by atoms with van der Waals surface area (Å²) in [7, 11) is 0. The highest BCUT2D eigenvalue weighted by atomic mass is 16.6. The van der Waals surface area contributed by atoms with Crippen molar-refractivity contribution in [2.75, 3.05) is 11.9 Å². The fraction of sp³-hybridized carbons (Fsp3) is 0.150. The second-order valence-electron chi connectivity index (χ2n) is 5.73. The van der Waals surface area contributed by atoms with Gasteiger partial charge in [0.15, 0.2) is 0 Å². The number of aromatic nitrogens is 1. The number of hydrogen-bond acceptors (Lipinski definition) is 5. The molecule has 0 atom stereocenters. The van der Waals surface area contributed by atoms with Crippen molar-refractivity contribution in [3.63, 3.8) is 0 Å². The van der Waals surface area contributed by atoms with Crippen LogP contribution in [0.1, 0.15) is 12.0 Å². The molecule has 6 nitrogen and oxygen atoms in total. The Morgan fingerprint density at radius 2 is 2.00 bits per heavy atom. The lowest BCUT2D eigenvalue weighted by molar-refractivity contribution is -0.383. The summed E-state index contributed by atoms with van der Waals surface area (Å²) in [6.07, 6.45) is 4.43. The van der Waals surface area contributed by atoms with Crippen molar-refractivity contribution in [1.82, 2.24) is 4.98 Å². The number of anilines is 1. The number of nitro benzene ring substituents is 1. The van der Waals surface area contributed by atoms with Crippen molar-refractivity contribution in [1.29, 1.82) is 0 Å². The summed E-state index contributed by atoms with van der Waals surface area (Å²) in [4.78, 5) is 15.1. The highest BCUT2D eigenvalue weighted by Crippen LogP contribution is 2.33. The van der Waals surface area contributed by atoms with E-state index in [0.717, 1.165) is 29.7 Å². The summed E-state index contributed by atoms with van der Waals surface area (Å²) in [5.74, 6) is 1.39. The topological polar surface area (TPSA) is 77.3 Å². The van der Waals surface area contributed by atoms with E-state index in [4.69, 9.17) is 4.74 Å². The number of nitrogens with one attached hydrogen (secondary N) is 1. The van der Waals surface area contributed by atoms with Gasteiger partial charge in [-0.05, 0) is 36.2 Å². The lowest BCUT2D eigenvalue weighted by Gasteiger charge is -2.11. The monoisotopic (exact) mass is 349 g/mol. The van der Waals surface area contributed by atoms with Crippen LogP contribution in [0.3, 0.4) is 0 Å². The lowest BCUT2D eigenvalue weighted by atomic mass is 10.1. The average molecular weight is 349 g/mol. The Morgan fingerprint density at radius 1 is 1.19 bits per heavy atom. The summed E-state index contributed by atoms with van der Waals surface area (Å²) < 4.78 is 5.93. The fourth-order valence-electron chi connectivity index (χ4n) is 2.66. The molecule has 2 aromatic carbocycles. The van der Waals surface area contributed by atoms with Gasteiger partial charge in [-0.25, -0.2) is 4.98 Å². The van der Waals surface area contributed by atoms with E-state index in [1.165, 1.54) is 6.07 Å². The van der Waals surface area contributed by atoms with Crippen LogP contribution in [0.4, 0.5) is 11.5 Å². The number of non-ortho nitro benzene ring substituents is 1. The van der Waals surface area contributed by atoms with Gasteiger partial charge in [-0.15, -0.1) is 6.58 Å². The molecule has 3 rings (SSSR count). The summed E-state index contributed by atoms with van der Waals surface area (Å²) >= 11 is 0. The zero-order valence-corrected chi connectivity index (χ0v) is 14.2. The van der Waals surface area contributed by atoms with Gasteiger partial charge in [-0.2, -0.15) is 0 Å². The first kappa shape index (κ1) is 17.4. The van der Waals surface area contributed by atoms with Gasteiger partial charge in [0.1, 0.15) is 18.2 Å². The quantitative estimate of drug-likeness (QED) is 0.276. The zero-order valence-electron chi connectivity index (χ0n) is 14.2. The Balaban J connectivity index is 1.78. The number of ether oxygens (including phenoxy) is 1. The van der Waals surface area contributed by atoms with E-state index in [1.807, 2.05) is 30.3 Å². The van der Waals surface area contributed by atoms with E-state index in [2.05, 4.69) is 16.9 Å². The predicted octanol–water partition coefficient (Wildman–Crippen LogP) is 4.71. The smallest absolute Gasteiger partial charge is 0.277 e. The molecule has 0 unspecified atom stereocenters. The van der Waals surface area contributed by atoms with E-state index in [-0.39, 0.29) is 10.6 Å². The normalized spacial score (nSPS) is 10.5. The molecule has 1 aromatic heterocycles. The van der Waals surface area contributed by atoms with Gasteiger partial charge in [0.2, 0.25) is 0 Å². The number of benzene rings is 2. The molecule has 0 amide bonds. The highest BCUT2D eigenvalue weighted by Gasteiger charge is 2.14. The SMILES string of the molecule is C=CCCNc1cc(COc2ccc([N+](=O)[O-])c3ccccc23)ccn1. The summed E-state index contributed by atoms with van der Waals surface area (Å²) in [5, 5.41) is 15.7. The molecule has 0 aliphatic rings. The predicted molar refractivity (Wildman–Crippen MR) is 102 cm³/mol. The molecule has 132 valence electrons. The third kappa shape index (κ3) is 3.97. The van der Waals surface area contributed by atoms with Crippen LogP contribution < -0.4 is 10.1 Å². The Hall–Kier alpha value is -3.41. The van der Waals surface area contributed by atoms with E-state index in [9.17, 15) is 10.1 Å². The third-order valence-corrected chi connectivity index (χ3v) is 3.93. The maximum absolute atomic E-state index is 11.2. The van der Waals surface area contributed by atoms with Gasteiger partial charge in [0.25, 0.3) is 5.69 Å². The molecule has 0 bridgehead atoms. The average Bonchev–Trinajstić information content (AvgIpc) is 2.66. The standard InChI is InChI=1S/C20H19N3O3/c1-2-3-11-21-20-13-15(10-12-22-20)14-26-19-9-8-18(23(24)25)16-6-4-5-7-17(16)19/h2,4-10,12-13H,1,3,11,14H2,(H,21,22). The fourth-order valence-corrected chi connectivity index (χ4v) is 2.66. The zero-order chi connectivity index (χ0) is 18.4. The van der Waals surface area contributed by atoms with Crippen molar-refractivity contribution in [3.05, 3.63) is 83.1 Å². The minimum atomic E-state index is -0.379. The number of fused-ring (bicyclic) bond motifs is 1. The molecule has 26 heavy (non-hydrogen) atoms. The first-order chi connectivity index (χ1) is 12.7. The Kier molecular flexibility index (Phi) is 5.43. The molecule has 0 saturated heterocycles. The Morgan fingerprint density at radius 3 is 2.77 bits per heavy atom. The van der Waals surface area contributed by atoms with Gasteiger partial charge < -0.3 is 10.1 Å². The van der Waals surface area contributed by atoms with Gasteiger partial charge in [0.05, 0.1) is 10.3 Å². The van der Waals surface area contributed by atoms with Gasteiger partial charge in [-0.1, -0.05) is 24.3 Å². The van der Waals surface area contributed by atoms with Crippen LogP contribution in [0.15, 0.2) is 67.4 Å². The van der Waals surface area contributed by atoms with Crippen molar-refractivity contribution >= 4 is 22.3 Å². The minimum Gasteiger partial charge on any atom is -0.488 e. The molecule has 0 fully saturated rings. The van der Waals surface area contributed by atoms with Crippen LogP contribution in [-0.4, -0.2) is 16.5 Å². The largest absolute Gasteiger partial charge is 0.488 e. The van der Waals surface area contributed by atoms with Crippen molar-refractivity contribution in [2.45, 2.75) is 13.0 Å². The maximum Gasteiger partial charge on any atom is 0.277 e. The molecule has 0 aliphatic heterocycles. The van der Waals surface area contributed by atoms with Crippen LogP contribution in [0.2, 0.25) is 0 Å². The minimum absolute atomic E-state index is 0.0746. The molecule has 0 saturated carbocycles. The van der Waals surface area contributed by atoms with Crippen LogP contribution in [-0.2, 0) is 6.61 Å². The van der Waals surface area contributed by atoms with E-state index < -0.39 is 0 Å². The number of nitro groups is 1. The van der Waals surface area contributed by atoms with Crippen LogP contribution in [0.25, 0.3) is 10.8 Å². The Bertz CT molecular complexity index is 940. The van der Waals surface area contributed by atoms with E-state index >= 15 is 0 Å². The first-order valence-corrected chi connectivity index (χ1v) is 8.27. The summed E-state index contributed by atoms with van der Waals surface area (Å²) in [5.41, 5.74) is 1.04. The van der Waals surface area contributed by atoms with Crippen molar-refractivity contribution in [2.24, 2.45) is 0 Å². The van der Waals surface area contributed by atoms with Crippen LogP contribution >= 0.6 is 0 Å². The van der Waals surface area contributed by atoms with Crippen molar-refractivity contribution in [3.8, 4) is 5.75 Å². The first-order valence-electron chi connectivity index (χ1n) is 8.27. The summed E-state index contributed by atoms with van der Waals surface area (Å²) in [6, 6.07) is 14.1. The molecule has 0 aliphatic carbocycles. The molecule has 1 N–H and O–H groups in total. The number of hydrogen-bond donors (Lipinski definition) is 1. The molecule has 0 radical (unpaired) electrons. The third-order valence-electron chi connectivity index (χ3n) is 3.93. The van der Waals surface area contributed by atoms with Gasteiger partial charge in [0, 0.05) is 24.2 Å². The molecule has 3 aromatic rings. The number of pyridine rings is 1. The Labute approximate surface area is 151 Å². The van der Waals surface area contributed by atoms with Crippen LogP contribution in [0.5, 0.6) is 5.75 Å². The van der Waals surface area contributed by atoms with Gasteiger partial charge in [-0.3, -0.25) is 10.1 Å². The van der Waals surface area contributed by atoms with E-state index in [0.29, 0.717) is 17.7 Å². The van der Waals surface area contributed by atoms with E-state index in [1.54, 1.807) is 24.4 Å². The van der Waals surface area contributed by atoms with Crippen LogP contribution in [0, 0.1) is 10.1 Å². The highest BCUT2D eigenvalue weighted by molar-refractivity contribution is 5.95. The lowest BCUT2D eigenvalue weighted by Crippen LogP contribution is -2.03. The molecule has 0 spiro atoms. The molecule has 6 heteroatoms. The number of rotatable bonds is 8. The second-order valence-corrected chi connectivity index (χ2v) is 5.73. The maximum atomic E-state index is 11.2. The van der Waals surface area contributed by atoms with Gasteiger partial charge >= 0.3 is 0 Å². The van der Waals surface area contributed by atoms with Crippen molar-refractivity contribution < 1.29 is 9.66 Å². The molecular formula is C20H19N3O3. The number of nitrogens with zero attached hydrogens (tertiary/aromatic N) is 2. The summed E-state index contributed by atoms with van der Waals surface area (Å²) in [6.45, 7) is 4.81. The molecular weight excluding hydrogens is 330 g/mol.